The highest BCUT2D eigenvalue weighted by Gasteiger charge is 2.24. The maximum absolute atomic E-state index is 9.33. The normalized spacial score (nSPS) is 17.8. The van der Waals surface area contributed by atoms with Gasteiger partial charge in [-0.05, 0) is 12.1 Å². The van der Waals surface area contributed by atoms with Gasteiger partial charge in [0.2, 0.25) is 0 Å². The van der Waals surface area contributed by atoms with E-state index in [2.05, 4.69) is 25.9 Å². The molecule has 1 aliphatic rings. The van der Waals surface area contributed by atoms with Crippen LogP contribution in [0.3, 0.4) is 0 Å². The summed E-state index contributed by atoms with van der Waals surface area (Å²) in [5.41, 5.74) is 1.03. The number of nitrogens with zero attached hydrogens (tertiary/aromatic N) is 3. The largest absolute Gasteiger partial charge is 0.508 e. The predicted octanol–water partition coefficient (Wildman–Crippen LogP) is 0.129. The molecule has 0 aliphatic carbocycles. The molecule has 1 aromatic carbocycles. The van der Waals surface area contributed by atoms with Gasteiger partial charge in [-0.1, -0.05) is 5.21 Å². The molecule has 1 atom stereocenters. The highest BCUT2D eigenvalue weighted by Crippen LogP contribution is 2.34. The number of ether oxygens (including phenoxy) is 1. The average molecular weight is 233 g/mol. The van der Waals surface area contributed by atoms with Crippen LogP contribution in [-0.4, -0.2) is 32.3 Å². The fourth-order valence-corrected chi connectivity index (χ4v) is 1.84. The van der Waals surface area contributed by atoms with Gasteiger partial charge >= 0.3 is 0 Å². The van der Waals surface area contributed by atoms with Crippen LogP contribution in [-0.2, 0) is 6.54 Å². The van der Waals surface area contributed by atoms with E-state index in [-0.39, 0.29) is 11.8 Å². The first kappa shape index (κ1) is 10.0. The van der Waals surface area contributed by atoms with Crippen molar-refractivity contribution in [3.8, 4) is 11.5 Å². The Labute approximate surface area is 96.8 Å². The van der Waals surface area contributed by atoms with Crippen LogP contribution in [0.15, 0.2) is 18.2 Å². The Kier molecular flexibility index (Phi) is 2.37. The first-order chi connectivity index (χ1) is 8.33. The van der Waals surface area contributed by atoms with Gasteiger partial charge in [0, 0.05) is 11.6 Å². The van der Waals surface area contributed by atoms with Crippen LogP contribution in [0.4, 0.5) is 0 Å². The quantitative estimate of drug-likeness (QED) is 0.697. The highest BCUT2D eigenvalue weighted by molar-refractivity contribution is 5.44. The number of fused-ring (bicyclic) bond motifs is 1. The molecule has 7 nitrogen and oxygen atoms in total. The minimum atomic E-state index is 0.0871. The molecule has 2 heterocycles. The van der Waals surface area contributed by atoms with E-state index in [1.807, 2.05) is 6.07 Å². The van der Waals surface area contributed by atoms with Crippen molar-refractivity contribution in [2.75, 3.05) is 6.61 Å². The monoisotopic (exact) mass is 233 g/mol. The zero-order valence-corrected chi connectivity index (χ0v) is 8.92. The number of aromatic nitrogens is 4. The first-order valence-corrected chi connectivity index (χ1v) is 5.24. The minimum absolute atomic E-state index is 0.0871. The molecular weight excluding hydrogens is 222 g/mol. The molecule has 3 rings (SSSR count). The summed E-state index contributed by atoms with van der Waals surface area (Å²) in [7, 11) is 0. The molecule has 88 valence electrons. The molecular formula is C10H11N5O2. The van der Waals surface area contributed by atoms with E-state index in [9.17, 15) is 5.11 Å². The third kappa shape index (κ3) is 1.92. The number of nitrogens with one attached hydrogen (secondary N) is 2. The lowest BCUT2D eigenvalue weighted by molar-refractivity contribution is 0.308. The number of rotatable bonds is 3. The van der Waals surface area contributed by atoms with Crippen LogP contribution in [0.5, 0.6) is 11.5 Å². The number of aromatic amines is 1. The second-order valence-corrected chi connectivity index (χ2v) is 3.79. The van der Waals surface area contributed by atoms with Gasteiger partial charge in [-0.15, -0.1) is 10.2 Å². The van der Waals surface area contributed by atoms with Crippen LogP contribution >= 0.6 is 0 Å². The zero-order chi connectivity index (χ0) is 11.7. The summed E-state index contributed by atoms with van der Waals surface area (Å²) >= 11 is 0. The summed E-state index contributed by atoms with van der Waals surface area (Å²) in [6.45, 7) is 1.06. The van der Waals surface area contributed by atoms with Gasteiger partial charge in [0.1, 0.15) is 18.1 Å². The molecule has 0 radical (unpaired) electrons. The SMILES string of the molecule is Oc1ccc2c(c1)OCC2NCc1nn[nH]n1. The van der Waals surface area contributed by atoms with Crippen molar-refractivity contribution in [3.63, 3.8) is 0 Å². The third-order valence-electron chi connectivity index (χ3n) is 2.67. The van der Waals surface area contributed by atoms with Crippen LogP contribution in [0.1, 0.15) is 17.4 Å². The van der Waals surface area contributed by atoms with E-state index in [1.165, 1.54) is 0 Å². The number of hydrogen-bond donors (Lipinski definition) is 3. The molecule has 2 aromatic rings. The second kappa shape index (κ2) is 4.02. The molecule has 0 saturated heterocycles. The summed E-state index contributed by atoms with van der Waals surface area (Å²) in [4.78, 5) is 0. The van der Waals surface area contributed by atoms with Crippen LogP contribution in [0.25, 0.3) is 0 Å². The van der Waals surface area contributed by atoms with Crippen molar-refractivity contribution in [2.24, 2.45) is 0 Å². The molecule has 1 unspecified atom stereocenters. The lowest BCUT2D eigenvalue weighted by Gasteiger charge is -2.09. The molecule has 17 heavy (non-hydrogen) atoms. The van der Waals surface area contributed by atoms with E-state index in [4.69, 9.17) is 4.74 Å². The summed E-state index contributed by atoms with van der Waals surface area (Å²) in [6.07, 6.45) is 0. The van der Waals surface area contributed by atoms with Crippen LogP contribution < -0.4 is 10.1 Å². The van der Waals surface area contributed by atoms with Gasteiger partial charge in [-0.2, -0.15) is 5.21 Å². The Bertz CT molecular complexity index is 513. The number of phenols is 1. The molecule has 1 aromatic heterocycles. The van der Waals surface area contributed by atoms with Crippen molar-refractivity contribution in [1.82, 2.24) is 25.9 Å². The van der Waals surface area contributed by atoms with Crippen molar-refractivity contribution >= 4 is 0 Å². The number of aromatic hydroxyl groups is 1. The summed E-state index contributed by atoms with van der Waals surface area (Å²) in [6, 6.07) is 5.21. The highest BCUT2D eigenvalue weighted by atomic mass is 16.5. The molecule has 0 bridgehead atoms. The lowest BCUT2D eigenvalue weighted by Crippen LogP contribution is -2.22. The van der Waals surface area contributed by atoms with Crippen molar-refractivity contribution in [3.05, 3.63) is 29.6 Å². The average Bonchev–Trinajstić information content (AvgIpc) is 2.94. The van der Waals surface area contributed by atoms with Crippen molar-refractivity contribution < 1.29 is 9.84 Å². The Morgan fingerprint density at radius 1 is 1.53 bits per heavy atom. The van der Waals surface area contributed by atoms with Gasteiger partial charge in [0.15, 0.2) is 5.82 Å². The first-order valence-electron chi connectivity index (χ1n) is 5.24. The second-order valence-electron chi connectivity index (χ2n) is 3.79. The third-order valence-corrected chi connectivity index (χ3v) is 2.67. The lowest BCUT2D eigenvalue weighted by atomic mass is 10.1. The summed E-state index contributed by atoms with van der Waals surface area (Å²) < 4.78 is 5.48. The fourth-order valence-electron chi connectivity index (χ4n) is 1.84. The van der Waals surface area contributed by atoms with Crippen LogP contribution in [0, 0.1) is 0 Å². The van der Waals surface area contributed by atoms with Crippen molar-refractivity contribution in [2.45, 2.75) is 12.6 Å². The number of tetrazole rings is 1. The van der Waals surface area contributed by atoms with E-state index in [0.29, 0.717) is 19.0 Å². The van der Waals surface area contributed by atoms with E-state index in [1.54, 1.807) is 12.1 Å². The number of phenolic OH excluding ortho intramolecular Hbond substituents is 1. The van der Waals surface area contributed by atoms with Gasteiger partial charge in [-0.3, -0.25) is 5.32 Å². The van der Waals surface area contributed by atoms with Gasteiger partial charge in [0.25, 0.3) is 0 Å². The van der Waals surface area contributed by atoms with Crippen LogP contribution in [0.2, 0.25) is 0 Å². The fraction of sp³-hybridized carbons (Fsp3) is 0.300. The van der Waals surface area contributed by atoms with E-state index < -0.39 is 0 Å². The predicted molar refractivity (Wildman–Crippen MR) is 57.4 cm³/mol. The standard InChI is InChI=1S/C10H11N5O2/c16-6-1-2-7-8(5-17-9(7)3-6)11-4-10-12-14-15-13-10/h1-3,8,11,16H,4-5H2,(H,12,13,14,15). The number of benzene rings is 1. The van der Waals surface area contributed by atoms with Gasteiger partial charge < -0.3 is 9.84 Å². The minimum Gasteiger partial charge on any atom is -0.508 e. The van der Waals surface area contributed by atoms with E-state index in [0.717, 1.165) is 11.3 Å². The summed E-state index contributed by atoms with van der Waals surface area (Å²) in [5, 5.41) is 26.2. The molecule has 0 spiro atoms. The Morgan fingerprint density at radius 2 is 2.47 bits per heavy atom. The number of hydrogen-bond acceptors (Lipinski definition) is 6. The number of H-pyrrole nitrogens is 1. The Hall–Kier alpha value is -2.15. The topological polar surface area (TPSA) is 96.0 Å². The van der Waals surface area contributed by atoms with Crippen molar-refractivity contribution in [1.29, 1.82) is 0 Å². The zero-order valence-electron chi connectivity index (χ0n) is 8.92. The van der Waals surface area contributed by atoms with E-state index >= 15 is 0 Å². The molecule has 0 amide bonds. The Morgan fingerprint density at radius 3 is 3.29 bits per heavy atom. The molecule has 1 aliphatic heterocycles. The smallest absolute Gasteiger partial charge is 0.188 e. The van der Waals surface area contributed by atoms with Gasteiger partial charge in [0.05, 0.1) is 12.6 Å². The molecule has 0 fully saturated rings. The Balaban J connectivity index is 1.71. The summed E-state index contributed by atoms with van der Waals surface area (Å²) in [5.74, 6) is 1.54. The molecule has 7 heteroatoms. The molecule has 3 N–H and O–H groups in total. The maximum atomic E-state index is 9.33. The molecule has 0 saturated carbocycles. The maximum Gasteiger partial charge on any atom is 0.188 e. The van der Waals surface area contributed by atoms with Gasteiger partial charge in [-0.25, -0.2) is 0 Å².